The van der Waals surface area contributed by atoms with Crippen LogP contribution in [0.2, 0.25) is 0 Å². The number of carboxylic acid groups (broad SMARTS) is 1. The molecule has 0 aliphatic heterocycles. The van der Waals surface area contributed by atoms with Gasteiger partial charge in [-0.25, -0.2) is 0 Å². The number of carbonyl (C=O) groups is 1. The van der Waals surface area contributed by atoms with E-state index in [2.05, 4.69) is 0 Å². The van der Waals surface area contributed by atoms with Crippen LogP contribution in [-0.2, 0) is 21.6 Å². The van der Waals surface area contributed by atoms with E-state index in [-0.39, 0.29) is 59.9 Å². The van der Waals surface area contributed by atoms with Crippen LogP contribution in [0.15, 0.2) is 0 Å². The monoisotopic (exact) mass is 238 g/mol. The second-order valence-corrected chi connectivity index (χ2v) is 0.492. The summed E-state index contributed by atoms with van der Waals surface area (Å²) in [6.07, 6.45) is 0. The molecule has 15 N–H and O–H groups in total. The summed E-state index contributed by atoms with van der Waals surface area (Å²) in [5.74, 6) is -1.08. The zero-order valence-corrected chi connectivity index (χ0v) is 8.36. The van der Waals surface area contributed by atoms with E-state index in [1.165, 1.54) is 0 Å². The predicted molar refractivity (Wildman–Crippen MR) is 35.8 cm³/mol. The third-order valence-corrected chi connectivity index (χ3v) is 0. The van der Waals surface area contributed by atoms with E-state index in [9.17, 15) is 0 Å². The number of hydrogen-bond acceptors (Lipinski definition) is 7. The molecule has 0 spiro atoms. The largest absolute Gasteiger partial charge is 2.00 e. The van der Waals surface area contributed by atoms with E-state index in [0.29, 0.717) is 0 Å². The number of carbonyl (C=O) groups excluding carboxylic acids is 1. The van der Waals surface area contributed by atoms with Crippen LogP contribution in [0.5, 0.6) is 0 Å². The second kappa shape index (κ2) is 88.0. The van der Waals surface area contributed by atoms with E-state index in [1.807, 2.05) is 0 Å². The van der Waals surface area contributed by atoms with Crippen molar-refractivity contribution in [1.29, 1.82) is 0 Å². The molecule has 0 rings (SSSR count). The van der Waals surface area contributed by atoms with Gasteiger partial charge in [-0.1, -0.05) is 0 Å². The van der Waals surface area contributed by atoms with Gasteiger partial charge in [0.15, 0.2) is 0 Å². The van der Waals surface area contributed by atoms with Gasteiger partial charge in [-0.15, -0.1) is 0 Å². The minimum atomic E-state index is -1.08. The molecule has 7 nitrogen and oxygen atoms in total. The van der Waals surface area contributed by atoms with E-state index in [0.717, 1.165) is 6.92 Å². The van der Waals surface area contributed by atoms with Crippen LogP contribution in [0.4, 0.5) is 0 Å². The average Bonchev–Trinajstić information content (AvgIpc) is 0.811. The SMILES string of the molecule is CC(=O)[O-].N.N.N.N.N.[Cl-].[Co+2]. The zero-order valence-electron chi connectivity index (χ0n) is 6.56. The Kier molecular flexibility index (Phi) is 954. The number of halogens is 1. The van der Waals surface area contributed by atoms with Crippen molar-refractivity contribution < 1.29 is 39.1 Å². The zero-order chi connectivity index (χ0) is 3.58. The van der Waals surface area contributed by atoms with Crippen molar-refractivity contribution >= 4 is 5.97 Å². The first-order valence-corrected chi connectivity index (χ1v) is 0.908. The van der Waals surface area contributed by atoms with Crippen LogP contribution in [0.1, 0.15) is 6.92 Å². The van der Waals surface area contributed by atoms with Crippen molar-refractivity contribution in [1.82, 2.24) is 30.8 Å². The Bertz CT molecular complexity index is 45.5. The van der Waals surface area contributed by atoms with Crippen LogP contribution >= 0.6 is 0 Å². The maximum Gasteiger partial charge on any atom is 2.00 e. The maximum atomic E-state index is 8.89. The fraction of sp³-hybridized carbons (Fsp3) is 0.500. The molecule has 0 atom stereocenters. The standard InChI is InChI=1S/C2H4O2.ClH.Co.5H3N/c1-2(3)4;;;;;;;/h1H3,(H,3,4);1H;;5*1H3/q;;+2;;;;;/p-2. The van der Waals surface area contributed by atoms with Gasteiger partial charge in [-0.3, -0.25) is 0 Å². The van der Waals surface area contributed by atoms with Crippen molar-refractivity contribution in [2.75, 3.05) is 0 Å². The summed E-state index contributed by atoms with van der Waals surface area (Å²) in [5, 5.41) is 8.89. The smallest absolute Gasteiger partial charge is 1.00 e. The Hall–Kier alpha value is 0.0665. The fourth-order valence-corrected chi connectivity index (χ4v) is 0. The summed E-state index contributed by atoms with van der Waals surface area (Å²) in [7, 11) is 0. The molecule has 11 heavy (non-hydrogen) atoms. The number of carboxylic acids is 1. The molecule has 0 aromatic rings. The summed E-state index contributed by atoms with van der Waals surface area (Å²) in [6.45, 7) is 0.972. The quantitative estimate of drug-likeness (QED) is 0.287. The molecule has 79 valence electrons. The minimum absolute atomic E-state index is 0. The first-order chi connectivity index (χ1) is 1.73. The summed E-state index contributed by atoms with van der Waals surface area (Å²) in [5.41, 5.74) is 0. The van der Waals surface area contributed by atoms with Crippen molar-refractivity contribution in [3.63, 3.8) is 0 Å². The average molecular weight is 239 g/mol. The Morgan fingerprint density at radius 2 is 1.00 bits per heavy atom. The van der Waals surface area contributed by atoms with Crippen LogP contribution in [0, 0.1) is 0 Å². The molecule has 1 radical (unpaired) electrons. The fourth-order valence-electron chi connectivity index (χ4n) is 0. The summed E-state index contributed by atoms with van der Waals surface area (Å²) in [4.78, 5) is 8.89. The first-order valence-electron chi connectivity index (χ1n) is 0.908. The molecule has 0 aliphatic carbocycles. The van der Waals surface area contributed by atoms with E-state index < -0.39 is 5.97 Å². The van der Waals surface area contributed by atoms with Gasteiger partial charge in [0, 0.05) is 5.97 Å². The van der Waals surface area contributed by atoms with E-state index in [4.69, 9.17) is 9.90 Å². The number of rotatable bonds is 0. The summed E-state index contributed by atoms with van der Waals surface area (Å²) in [6, 6.07) is 0. The normalized spacial score (nSPS) is 2.27. The molecule has 0 saturated carbocycles. The molecule has 0 amide bonds. The Morgan fingerprint density at radius 3 is 1.00 bits per heavy atom. The Morgan fingerprint density at radius 1 is 1.00 bits per heavy atom. The van der Waals surface area contributed by atoms with E-state index in [1.54, 1.807) is 0 Å². The molecule has 0 unspecified atom stereocenters. The third kappa shape index (κ3) is 148000. The molecule has 0 bridgehead atoms. The maximum absolute atomic E-state index is 8.89. The topological polar surface area (TPSA) is 215 Å². The van der Waals surface area contributed by atoms with Gasteiger partial charge in [0.25, 0.3) is 0 Å². The van der Waals surface area contributed by atoms with Gasteiger partial charge in [0.2, 0.25) is 0 Å². The van der Waals surface area contributed by atoms with Crippen molar-refractivity contribution in [3.05, 3.63) is 0 Å². The van der Waals surface area contributed by atoms with Crippen molar-refractivity contribution in [3.8, 4) is 0 Å². The summed E-state index contributed by atoms with van der Waals surface area (Å²) < 4.78 is 0. The number of aliphatic carboxylic acids is 1. The molecule has 0 heterocycles. The molecule has 0 fully saturated rings. The molecule has 0 aromatic carbocycles. The molecular weight excluding hydrogens is 220 g/mol. The van der Waals surface area contributed by atoms with Crippen LogP contribution in [0.3, 0.4) is 0 Å². The Labute approximate surface area is 83.2 Å². The van der Waals surface area contributed by atoms with Crippen LogP contribution in [-0.4, -0.2) is 5.97 Å². The first kappa shape index (κ1) is 119. The molecule has 0 aliphatic rings. The van der Waals surface area contributed by atoms with Gasteiger partial charge in [0.05, 0.1) is 0 Å². The van der Waals surface area contributed by atoms with E-state index >= 15 is 0 Å². The minimum Gasteiger partial charge on any atom is -1.00 e. The van der Waals surface area contributed by atoms with Gasteiger partial charge in [-0.05, 0) is 6.92 Å². The van der Waals surface area contributed by atoms with Gasteiger partial charge in [-0.2, -0.15) is 0 Å². The van der Waals surface area contributed by atoms with Gasteiger partial charge in [0.1, 0.15) is 0 Å². The molecule has 0 aromatic heterocycles. The molecule has 0 saturated heterocycles. The summed E-state index contributed by atoms with van der Waals surface area (Å²) >= 11 is 0. The van der Waals surface area contributed by atoms with Gasteiger partial charge < -0.3 is 53.1 Å². The van der Waals surface area contributed by atoms with Gasteiger partial charge >= 0.3 is 16.8 Å². The second-order valence-electron chi connectivity index (χ2n) is 0.492. The molecule has 9 heteroatoms. The van der Waals surface area contributed by atoms with Crippen molar-refractivity contribution in [2.24, 2.45) is 0 Å². The number of hydrogen-bond donors (Lipinski definition) is 5. The third-order valence-electron chi connectivity index (χ3n) is 0. The van der Waals surface area contributed by atoms with Crippen LogP contribution in [0.25, 0.3) is 0 Å². The molecular formula is C2H18ClCoN5O2. The predicted octanol–water partition coefficient (Wildman–Crippen LogP) is -3.43. The van der Waals surface area contributed by atoms with Crippen molar-refractivity contribution in [2.45, 2.75) is 6.92 Å². The van der Waals surface area contributed by atoms with Crippen LogP contribution < -0.4 is 48.3 Å². The Balaban J connectivity index is -0.00000000214.